The number of aryl methyl sites for hydroxylation is 1. The molecule has 0 aromatic carbocycles. The number of nitrogens with one attached hydrogen (secondary N) is 1. The number of nitrogens with two attached hydrogens (primary N) is 1. The van der Waals surface area contributed by atoms with Gasteiger partial charge in [-0.3, -0.25) is 4.79 Å². The average Bonchev–Trinajstić information content (AvgIpc) is 2.82. The SMILES string of the molecule is Cn1ccnc1CNC(=O)C1(C(N)=S)CCOCC1. The highest BCUT2D eigenvalue weighted by molar-refractivity contribution is 7.80. The molecule has 2 heterocycles. The summed E-state index contributed by atoms with van der Waals surface area (Å²) in [5.74, 6) is 0.657. The lowest BCUT2D eigenvalue weighted by molar-refractivity contribution is -0.131. The van der Waals surface area contributed by atoms with Crippen LogP contribution in [0.4, 0.5) is 0 Å². The van der Waals surface area contributed by atoms with Gasteiger partial charge in [-0.15, -0.1) is 0 Å². The van der Waals surface area contributed by atoms with Crippen LogP contribution < -0.4 is 11.1 Å². The summed E-state index contributed by atoms with van der Waals surface area (Å²) in [5.41, 5.74) is 5.00. The normalized spacial score (nSPS) is 17.9. The lowest BCUT2D eigenvalue weighted by Crippen LogP contribution is -2.51. The zero-order valence-electron chi connectivity index (χ0n) is 10.9. The highest BCUT2D eigenvalue weighted by Gasteiger charge is 2.42. The van der Waals surface area contributed by atoms with Crippen LogP contribution in [0, 0.1) is 5.41 Å². The smallest absolute Gasteiger partial charge is 0.233 e. The number of amides is 1. The van der Waals surface area contributed by atoms with Crippen LogP contribution in [0.25, 0.3) is 0 Å². The number of hydrogen-bond acceptors (Lipinski definition) is 4. The van der Waals surface area contributed by atoms with Crippen LogP contribution in [0.2, 0.25) is 0 Å². The number of aromatic nitrogens is 2. The van der Waals surface area contributed by atoms with Crippen molar-refractivity contribution >= 4 is 23.1 Å². The molecule has 1 fully saturated rings. The molecule has 1 amide bonds. The Balaban J connectivity index is 2.04. The predicted octanol–water partition coefficient (Wildman–Crippen LogP) is 0.119. The van der Waals surface area contributed by atoms with Crippen molar-refractivity contribution in [1.82, 2.24) is 14.9 Å². The number of ether oxygens (including phenoxy) is 1. The molecule has 0 spiro atoms. The first-order valence-electron chi connectivity index (χ1n) is 6.18. The van der Waals surface area contributed by atoms with E-state index in [4.69, 9.17) is 22.7 Å². The minimum absolute atomic E-state index is 0.133. The maximum Gasteiger partial charge on any atom is 0.233 e. The van der Waals surface area contributed by atoms with Crippen molar-refractivity contribution in [1.29, 1.82) is 0 Å². The average molecular weight is 282 g/mol. The molecule has 19 heavy (non-hydrogen) atoms. The molecule has 2 rings (SSSR count). The van der Waals surface area contributed by atoms with E-state index in [1.807, 2.05) is 17.8 Å². The second-order valence-electron chi connectivity index (χ2n) is 4.70. The molecule has 104 valence electrons. The predicted molar refractivity (Wildman–Crippen MR) is 74.3 cm³/mol. The third-order valence-corrected chi connectivity index (χ3v) is 3.97. The second kappa shape index (κ2) is 5.66. The van der Waals surface area contributed by atoms with Crippen molar-refractivity contribution in [2.75, 3.05) is 13.2 Å². The van der Waals surface area contributed by atoms with Gasteiger partial charge in [-0.2, -0.15) is 0 Å². The van der Waals surface area contributed by atoms with Crippen LogP contribution in [0.3, 0.4) is 0 Å². The number of imidazole rings is 1. The van der Waals surface area contributed by atoms with Gasteiger partial charge in [-0.05, 0) is 12.8 Å². The molecule has 7 heteroatoms. The van der Waals surface area contributed by atoms with Crippen LogP contribution in [-0.4, -0.2) is 33.7 Å². The molecule has 1 aromatic heterocycles. The van der Waals surface area contributed by atoms with Gasteiger partial charge in [0.1, 0.15) is 11.2 Å². The highest BCUT2D eigenvalue weighted by atomic mass is 32.1. The van der Waals surface area contributed by atoms with Crippen LogP contribution in [-0.2, 0) is 23.1 Å². The number of thiocarbonyl (C=S) groups is 1. The summed E-state index contributed by atoms with van der Waals surface area (Å²) in [4.78, 5) is 16.8. The van der Waals surface area contributed by atoms with E-state index in [0.29, 0.717) is 32.6 Å². The van der Waals surface area contributed by atoms with Gasteiger partial charge in [0.05, 0.1) is 11.5 Å². The first-order chi connectivity index (χ1) is 9.06. The fourth-order valence-electron chi connectivity index (χ4n) is 2.20. The second-order valence-corrected chi connectivity index (χ2v) is 5.14. The van der Waals surface area contributed by atoms with Crippen molar-refractivity contribution in [3.63, 3.8) is 0 Å². The van der Waals surface area contributed by atoms with Crippen molar-refractivity contribution < 1.29 is 9.53 Å². The molecule has 0 saturated carbocycles. The van der Waals surface area contributed by atoms with Crippen LogP contribution >= 0.6 is 12.2 Å². The fraction of sp³-hybridized carbons (Fsp3) is 0.583. The van der Waals surface area contributed by atoms with Gasteiger partial charge in [0.2, 0.25) is 5.91 Å². The van der Waals surface area contributed by atoms with Crippen molar-refractivity contribution in [3.8, 4) is 0 Å². The first kappa shape index (κ1) is 14.0. The van der Waals surface area contributed by atoms with Gasteiger partial charge in [0, 0.05) is 32.7 Å². The Labute approximate surface area is 117 Å². The van der Waals surface area contributed by atoms with E-state index in [2.05, 4.69) is 10.3 Å². The monoisotopic (exact) mass is 282 g/mol. The molecule has 1 saturated heterocycles. The summed E-state index contributed by atoms with van der Waals surface area (Å²) in [6.07, 6.45) is 4.60. The minimum atomic E-state index is -0.779. The van der Waals surface area contributed by atoms with E-state index in [-0.39, 0.29) is 10.9 Å². The molecule has 6 nitrogen and oxygen atoms in total. The Morgan fingerprint density at radius 2 is 2.32 bits per heavy atom. The molecular formula is C12H18N4O2S. The number of hydrogen-bond donors (Lipinski definition) is 2. The summed E-state index contributed by atoms with van der Waals surface area (Å²) in [5, 5.41) is 2.87. The summed E-state index contributed by atoms with van der Waals surface area (Å²) < 4.78 is 7.14. The molecule has 1 aromatic rings. The molecule has 0 unspecified atom stereocenters. The maximum absolute atomic E-state index is 12.4. The van der Waals surface area contributed by atoms with E-state index in [0.717, 1.165) is 5.82 Å². The maximum atomic E-state index is 12.4. The highest BCUT2D eigenvalue weighted by Crippen LogP contribution is 2.31. The molecule has 0 atom stereocenters. The van der Waals surface area contributed by atoms with Crippen molar-refractivity contribution in [2.45, 2.75) is 19.4 Å². The quantitative estimate of drug-likeness (QED) is 0.767. The Morgan fingerprint density at radius 3 is 2.84 bits per heavy atom. The van der Waals surface area contributed by atoms with Crippen LogP contribution in [0.1, 0.15) is 18.7 Å². The van der Waals surface area contributed by atoms with Crippen molar-refractivity contribution in [2.24, 2.45) is 18.2 Å². The standard InChI is InChI=1S/C12H18N4O2S/c1-16-5-4-14-9(16)8-15-11(17)12(10(13)19)2-6-18-7-3-12/h4-5H,2-3,6-8H2,1H3,(H2,13,19)(H,15,17). The largest absolute Gasteiger partial charge is 0.392 e. The molecule has 0 radical (unpaired) electrons. The summed E-state index contributed by atoms with van der Waals surface area (Å²) >= 11 is 5.08. The van der Waals surface area contributed by atoms with Gasteiger partial charge in [0.25, 0.3) is 0 Å². The van der Waals surface area contributed by atoms with Gasteiger partial charge in [0.15, 0.2) is 0 Å². The van der Waals surface area contributed by atoms with E-state index in [1.165, 1.54) is 0 Å². The zero-order valence-corrected chi connectivity index (χ0v) is 11.7. The molecule has 1 aliphatic heterocycles. The summed E-state index contributed by atoms with van der Waals surface area (Å²) in [6, 6.07) is 0. The lowest BCUT2D eigenvalue weighted by Gasteiger charge is -2.34. The van der Waals surface area contributed by atoms with E-state index in [1.54, 1.807) is 6.20 Å². The minimum Gasteiger partial charge on any atom is -0.392 e. The third-order valence-electron chi connectivity index (χ3n) is 3.58. The number of rotatable bonds is 4. The topological polar surface area (TPSA) is 82.2 Å². The fourth-order valence-corrected chi connectivity index (χ4v) is 2.50. The van der Waals surface area contributed by atoms with Gasteiger partial charge in [-0.25, -0.2) is 4.98 Å². The van der Waals surface area contributed by atoms with Crippen LogP contribution in [0.15, 0.2) is 12.4 Å². The number of carbonyl (C=O) groups is 1. The molecule has 0 aliphatic carbocycles. The third kappa shape index (κ3) is 2.76. The summed E-state index contributed by atoms with van der Waals surface area (Å²) in [7, 11) is 1.88. The number of nitrogens with zero attached hydrogens (tertiary/aromatic N) is 2. The van der Waals surface area contributed by atoms with Gasteiger partial charge in [-0.1, -0.05) is 12.2 Å². The Hall–Kier alpha value is -1.47. The van der Waals surface area contributed by atoms with Crippen molar-refractivity contribution in [3.05, 3.63) is 18.2 Å². The summed E-state index contributed by atoms with van der Waals surface area (Å²) in [6.45, 7) is 1.38. The van der Waals surface area contributed by atoms with E-state index in [9.17, 15) is 4.79 Å². The Kier molecular flexibility index (Phi) is 4.16. The Morgan fingerprint density at radius 1 is 1.63 bits per heavy atom. The molecule has 3 N–H and O–H groups in total. The van der Waals surface area contributed by atoms with Gasteiger partial charge >= 0.3 is 0 Å². The Bertz CT molecular complexity index is 480. The molecular weight excluding hydrogens is 264 g/mol. The van der Waals surface area contributed by atoms with E-state index >= 15 is 0 Å². The zero-order chi connectivity index (χ0) is 13.9. The lowest BCUT2D eigenvalue weighted by atomic mass is 9.79. The molecule has 0 bridgehead atoms. The molecule has 1 aliphatic rings. The number of carbonyl (C=O) groups excluding carboxylic acids is 1. The van der Waals surface area contributed by atoms with Crippen LogP contribution in [0.5, 0.6) is 0 Å². The van der Waals surface area contributed by atoms with E-state index < -0.39 is 5.41 Å². The first-order valence-corrected chi connectivity index (χ1v) is 6.59. The van der Waals surface area contributed by atoms with Gasteiger partial charge < -0.3 is 20.4 Å².